The minimum atomic E-state index is -0.346. The zero-order valence-corrected chi connectivity index (χ0v) is 15.4. The van der Waals surface area contributed by atoms with Crippen LogP contribution < -0.4 is 0 Å². The third kappa shape index (κ3) is 7.09. The van der Waals surface area contributed by atoms with E-state index in [0.717, 1.165) is 44.8 Å². The Kier molecular flexibility index (Phi) is 9.05. The molecule has 2 rings (SSSR count). The second kappa shape index (κ2) is 11.6. The van der Waals surface area contributed by atoms with E-state index in [1.54, 1.807) is 6.08 Å². The van der Waals surface area contributed by atoms with Gasteiger partial charge in [0.25, 0.3) is 0 Å². The second-order valence-electron chi connectivity index (χ2n) is 7.10. The Morgan fingerprint density at radius 1 is 1.12 bits per heavy atom. The van der Waals surface area contributed by atoms with Crippen LogP contribution in [0.25, 0.3) is 0 Å². The first-order valence-corrected chi connectivity index (χ1v) is 9.72. The van der Waals surface area contributed by atoms with Crippen molar-refractivity contribution in [3.8, 4) is 0 Å². The van der Waals surface area contributed by atoms with E-state index in [2.05, 4.69) is 12.2 Å². The third-order valence-corrected chi connectivity index (χ3v) is 5.13. The molecule has 3 atom stereocenters. The van der Waals surface area contributed by atoms with Crippen molar-refractivity contribution in [1.29, 1.82) is 0 Å². The van der Waals surface area contributed by atoms with E-state index in [-0.39, 0.29) is 17.8 Å². The first-order valence-electron chi connectivity index (χ1n) is 9.72. The molecule has 0 radical (unpaired) electrons. The number of hydrogen-bond donors (Lipinski definition) is 1. The predicted molar refractivity (Wildman–Crippen MR) is 105 cm³/mol. The molecule has 1 aromatic carbocycles. The van der Waals surface area contributed by atoms with Gasteiger partial charge in [0, 0.05) is 18.8 Å². The van der Waals surface area contributed by atoms with Crippen molar-refractivity contribution in [2.75, 3.05) is 0 Å². The van der Waals surface area contributed by atoms with Gasteiger partial charge in [-0.15, -0.1) is 0 Å². The number of carbonyl (C=O) groups excluding carboxylic acids is 2. The van der Waals surface area contributed by atoms with Crippen molar-refractivity contribution in [2.45, 2.75) is 57.5 Å². The molecule has 0 unspecified atom stereocenters. The smallest absolute Gasteiger partial charge is 0.155 e. The summed E-state index contributed by atoms with van der Waals surface area (Å²) in [5.74, 6) is 0.580. The van der Waals surface area contributed by atoms with Crippen molar-refractivity contribution >= 4 is 12.1 Å². The van der Waals surface area contributed by atoms with Gasteiger partial charge < -0.3 is 9.90 Å². The summed E-state index contributed by atoms with van der Waals surface area (Å²) in [6.07, 6.45) is 14.9. The molecule has 1 aromatic rings. The summed E-state index contributed by atoms with van der Waals surface area (Å²) in [6.45, 7) is 0. The van der Waals surface area contributed by atoms with Crippen molar-refractivity contribution in [3.05, 3.63) is 60.2 Å². The molecule has 3 nitrogen and oxygen atoms in total. The van der Waals surface area contributed by atoms with Gasteiger partial charge >= 0.3 is 0 Å². The summed E-state index contributed by atoms with van der Waals surface area (Å²) in [5.41, 5.74) is 1.17. The van der Waals surface area contributed by atoms with Gasteiger partial charge in [0.05, 0.1) is 6.10 Å². The number of carbonyl (C=O) groups is 2. The van der Waals surface area contributed by atoms with Crippen molar-refractivity contribution in [1.82, 2.24) is 0 Å². The van der Waals surface area contributed by atoms with Gasteiger partial charge in [0.1, 0.15) is 6.29 Å². The molecule has 0 amide bonds. The van der Waals surface area contributed by atoms with E-state index in [9.17, 15) is 14.7 Å². The number of aliphatic hydroxyl groups excluding tert-OH is 1. The minimum absolute atomic E-state index is 0.0651. The van der Waals surface area contributed by atoms with Crippen LogP contribution in [-0.2, 0) is 16.0 Å². The van der Waals surface area contributed by atoms with E-state index < -0.39 is 0 Å². The van der Waals surface area contributed by atoms with Gasteiger partial charge in [-0.3, -0.25) is 4.79 Å². The molecule has 0 aromatic heterocycles. The Morgan fingerprint density at radius 2 is 1.92 bits per heavy atom. The number of benzene rings is 1. The van der Waals surface area contributed by atoms with Gasteiger partial charge in [-0.1, -0.05) is 48.6 Å². The molecule has 0 heterocycles. The molecule has 1 aliphatic carbocycles. The van der Waals surface area contributed by atoms with E-state index in [1.165, 1.54) is 5.56 Å². The highest BCUT2D eigenvalue weighted by atomic mass is 16.3. The number of unbranched alkanes of at least 4 members (excludes halogenated alkanes) is 2. The summed E-state index contributed by atoms with van der Waals surface area (Å²) >= 11 is 0. The number of aryl methyl sites for hydroxylation is 1. The molecular weight excluding hydrogens is 324 g/mol. The quantitative estimate of drug-likeness (QED) is 0.276. The SMILES string of the molecule is O=CCCC/C=C\C[C@H]1CC[C@@H](O)[C@@H]1/C=C/C(=O)CCc1ccccc1. The van der Waals surface area contributed by atoms with E-state index in [0.29, 0.717) is 18.8 Å². The lowest BCUT2D eigenvalue weighted by Gasteiger charge is -2.17. The van der Waals surface area contributed by atoms with Crippen molar-refractivity contribution in [2.24, 2.45) is 11.8 Å². The third-order valence-electron chi connectivity index (χ3n) is 5.13. The van der Waals surface area contributed by atoms with Crippen LogP contribution in [0.15, 0.2) is 54.6 Å². The highest BCUT2D eigenvalue weighted by molar-refractivity contribution is 5.89. The van der Waals surface area contributed by atoms with E-state index in [1.807, 2.05) is 36.4 Å². The van der Waals surface area contributed by atoms with Crippen LogP contribution in [0.2, 0.25) is 0 Å². The maximum atomic E-state index is 12.1. The van der Waals surface area contributed by atoms with E-state index in [4.69, 9.17) is 0 Å². The Balaban J connectivity index is 1.77. The number of aldehydes is 1. The van der Waals surface area contributed by atoms with Gasteiger partial charge in [0.2, 0.25) is 0 Å². The zero-order chi connectivity index (χ0) is 18.6. The zero-order valence-electron chi connectivity index (χ0n) is 15.4. The fourth-order valence-corrected chi connectivity index (χ4v) is 3.57. The average molecular weight is 354 g/mol. The van der Waals surface area contributed by atoms with Gasteiger partial charge in [0.15, 0.2) is 5.78 Å². The molecule has 0 bridgehead atoms. The number of allylic oxidation sites excluding steroid dienone is 3. The highest BCUT2D eigenvalue weighted by Gasteiger charge is 2.32. The molecule has 0 saturated heterocycles. The lowest BCUT2D eigenvalue weighted by Crippen LogP contribution is -2.17. The van der Waals surface area contributed by atoms with Crippen molar-refractivity contribution in [3.63, 3.8) is 0 Å². The topological polar surface area (TPSA) is 54.4 Å². The average Bonchev–Trinajstić information content (AvgIpc) is 3.01. The number of rotatable bonds is 11. The molecule has 1 fully saturated rings. The van der Waals surface area contributed by atoms with Crippen LogP contribution in [-0.4, -0.2) is 23.3 Å². The van der Waals surface area contributed by atoms with Gasteiger partial charge in [-0.05, 0) is 56.1 Å². The normalized spacial score (nSPS) is 23.0. The molecule has 1 N–H and O–H groups in total. The Hall–Kier alpha value is -2.00. The van der Waals surface area contributed by atoms with Crippen LogP contribution in [0.5, 0.6) is 0 Å². The Morgan fingerprint density at radius 3 is 2.69 bits per heavy atom. The fraction of sp³-hybridized carbons (Fsp3) is 0.478. The second-order valence-corrected chi connectivity index (χ2v) is 7.10. The lowest BCUT2D eigenvalue weighted by atomic mass is 9.90. The van der Waals surface area contributed by atoms with Gasteiger partial charge in [-0.25, -0.2) is 0 Å². The first kappa shape index (κ1) is 20.3. The largest absolute Gasteiger partial charge is 0.393 e. The molecule has 0 spiro atoms. The summed E-state index contributed by atoms with van der Waals surface area (Å²) in [7, 11) is 0. The first-order chi connectivity index (χ1) is 12.7. The molecule has 140 valence electrons. The van der Waals surface area contributed by atoms with Crippen LogP contribution in [0.3, 0.4) is 0 Å². The fourth-order valence-electron chi connectivity index (χ4n) is 3.57. The summed E-state index contributed by atoms with van der Waals surface area (Å²) in [5, 5.41) is 10.2. The van der Waals surface area contributed by atoms with E-state index >= 15 is 0 Å². The minimum Gasteiger partial charge on any atom is -0.393 e. The predicted octanol–water partition coefficient (Wildman–Crippen LogP) is 4.45. The van der Waals surface area contributed by atoms with Crippen LogP contribution in [0.1, 0.15) is 50.5 Å². The molecule has 3 heteroatoms. The van der Waals surface area contributed by atoms with Crippen LogP contribution >= 0.6 is 0 Å². The monoisotopic (exact) mass is 354 g/mol. The maximum Gasteiger partial charge on any atom is 0.155 e. The number of aliphatic hydroxyl groups is 1. The highest BCUT2D eigenvalue weighted by Crippen LogP contribution is 2.35. The van der Waals surface area contributed by atoms with Crippen LogP contribution in [0.4, 0.5) is 0 Å². The number of hydrogen-bond acceptors (Lipinski definition) is 3. The summed E-state index contributed by atoms with van der Waals surface area (Å²) < 4.78 is 0. The maximum absolute atomic E-state index is 12.1. The summed E-state index contributed by atoms with van der Waals surface area (Å²) in [4.78, 5) is 22.4. The van der Waals surface area contributed by atoms with Gasteiger partial charge in [-0.2, -0.15) is 0 Å². The Labute approximate surface area is 156 Å². The van der Waals surface area contributed by atoms with Crippen molar-refractivity contribution < 1.29 is 14.7 Å². The molecular formula is C23H30O3. The van der Waals surface area contributed by atoms with Crippen LogP contribution in [0, 0.1) is 11.8 Å². The summed E-state index contributed by atoms with van der Waals surface area (Å²) in [6, 6.07) is 10.0. The number of ketones is 1. The molecule has 1 saturated carbocycles. The molecule has 26 heavy (non-hydrogen) atoms. The molecule has 1 aliphatic rings. The lowest BCUT2D eigenvalue weighted by molar-refractivity contribution is -0.114. The standard InChI is InChI=1S/C23H30O3/c24-18-8-3-1-2-7-11-20-13-17-23(26)22(20)16-15-21(25)14-12-19-9-5-4-6-10-19/h2,4-7,9-10,15-16,18,20,22-23,26H,1,3,8,11-14,17H2/b7-2-,16-15+/t20-,22+,23+/m0/s1. The Bertz CT molecular complexity index is 603. The molecule has 0 aliphatic heterocycles.